The Kier molecular flexibility index (Phi) is 4.75. The summed E-state index contributed by atoms with van der Waals surface area (Å²) < 4.78 is 0. The van der Waals surface area contributed by atoms with Gasteiger partial charge in [-0.05, 0) is 23.9 Å². The molecule has 1 atom stereocenters. The normalized spacial score (nSPS) is 16.8. The molecule has 1 aliphatic heterocycles. The molecule has 1 aliphatic rings. The Bertz CT molecular complexity index is 695. The summed E-state index contributed by atoms with van der Waals surface area (Å²) in [7, 11) is 0. The van der Waals surface area contributed by atoms with Crippen LogP contribution in [0.25, 0.3) is 0 Å². The maximum absolute atomic E-state index is 12.4. The molecule has 2 aromatic rings. The van der Waals surface area contributed by atoms with E-state index >= 15 is 0 Å². The molecule has 1 aromatic carbocycles. The smallest absolute Gasteiger partial charge is 0.264 e. The number of hydrogen-bond donors (Lipinski definition) is 0. The Balaban J connectivity index is 1.64. The lowest BCUT2D eigenvalue weighted by Crippen LogP contribution is -2.49. The number of benzene rings is 1. The molecule has 1 fully saturated rings. The van der Waals surface area contributed by atoms with E-state index in [0.29, 0.717) is 13.1 Å². The molecule has 0 saturated carbocycles. The first kappa shape index (κ1) is 15.7. The van der Waals surface area contributed by atoms with E-state index < -0.39 is 0 Å². The highest BCUT2D eigenvalue weighted by atomic mass is 32.1. The maximum Gasteiger partial charge on any atom is 0.264 e. The number of nitrogens with zero attached hydrogens (tertiary/aromatic N) is 3. The van der Waals surface area contributed by atoms with Gasteiger partial charge in [0.1, 0.15) is 6.04 Å². The van der Waals surface area contributed by atoms with Crippen LogP contribution in [0, 0.1) is 18.3 Å². The van der Waals surface area contributed by atoms with Gasteiger partial charge in [0, 0.05) is 26.2 Å². The van der Waals surface area contributed by atoms with Gasteiger partial charge < -0.3 is 4.90 Å². The van der Waals surface area contributed by atoms with Crippen LogP contribution in [0.2, 0.25) is 0 Å². The van der Waals surface area contributed by atoms with Crippen molar-refractivity contribution in [3.05, 3.63) is 57.8 Å². The molecule has 0 spiro atoms. The summed E-state index contributed by atoms with van der Waals surface area (Å²) in [4.78, 5) is 17.2. The number of amides is 1. The number of nitriles is 1. The van der Waals surface area contributed by atoms with E-state index in [1.54, 1.807) is 0 Å². The predicted octanol–water partition coefficient (Wildman–Crippen LogP) is 3.08. The van der Waals surface area contributed by atoms with Gasteiger partial charge in [0.2, 0.25) is 0 Å². The summed E-state index contributed by atoms with van der Waals surface area (Å²) in [5, 5.41) is 11.5. The van der Waals surface area contributed by atoms with Crippen molar-refractivity contribution in [1.82, 2.24) is 9.80 Å². The van der Waals surface area contributed by atoms with E-state index in [9.17, 15) is 10.1 Å². The minimum Gasteiger partial charge on any atom is -0.335 e. The van der Waals surface area contributed by atoms with Gasteiger partial charge >= 0.3 is 0 Å². The van der Waals surface area contributed by atoms with Crippen LogP contribution < -0.4 is 0 Å². The zero-order chi connectivity index (χ0) is 16.2. The third kappa shape index (κ3) is 3.44. The van der Waals surface area contributed by atoms with Gasteiger partial charge in [-0.2, -0.15) is 5.26 Å². The van der Waals surface area contributed by atoms with Crippen molar-refractivity contribution in [2.24, 2.45) is 0 Å². The number of aryl methyl sites for hydroxylation is 1. The molecule has 2 heterocycles. The van der Waals surface area contributed by atoms with Crippen molar-refractivity contribution in [3.8, 4) is 6.07 Å². The van der Waals surface area contributed by atoms with E-state index in [1.807, 2.05) is 53.6 Å². The van der Waals surface area contributed by atoms with Crippen molar-refractivity contribution in [2.75, 3.05) is 26.2 Å². The minimum atomic E-state index is -0.241. The van der Waals surface area contributed by atoms with E-state index in [0.717, 1.165) is 23.5 Å². The fourth-order valence-corrected chi connectivity index (χ4v) is 3.55. The highest BCUT2D eigenvalue weighted by Gasteiger charge is 2.27. The molecule has 1 amide bonds. The van der Waals surface area contributed by atoms with Crippen molar-refractivity contribution < 1.29 is 4.79 Å². The topological polar surface area (TPSA) is 47.3 Å². The third-order valence-electron chi connectivity index (χ3n) is 4.21. The first-order valence-corrected chi connectivity index (χ1v) is 8.60. The molecule has 3 rings (SSSR count). The van der Waals surface area contributed by atoms with Crippen LogP contribution in [0.1, 0.15) is 26.8 Å². The highest BCUT2D eigenvalue weighted by Crippen LogP contribution is 2.23. The molecule has 4 nitrogen and oxygen atoms in total. The van der Waals surface area contributed by atoms with Crippen LogP contribution in [-0.4, -0.2) is 41.9 Å². The summed E-state index contributed by atoms with van der Waals surface area (Å²) in [5.41, 5.74) is 2.22. The molecular formula is C18H19N3OS. The Morgan fingerprint density at radius 3 is 2.43 bits per heavy atom. The van der Waals surface area contributed by atoms with Gasteiger partial charge in [0.05, 0.1) is 10.9 Å². The van der Waals surface area contributed by atoms with Crippen molar-refractivity contribution >= 4 is 17.2 Å². The van der Waals surface area contributed by atoms with E-state index in [-0.39, 0.29) is 11.9 Å². The molecular weight excluding hydrogens is 306 g/mol. The Morgan fingerprint density at radius 2 is 1.87 bits per heavy atom. The fourth-order valence-electron chi connectivity index (χ4n) is 2.86. The molecule has 1 aromatic heterocycles. The largest absolute Gasteiger partial charge is 0.335 e. The fraction of sp³-hybridized carbons (Fsp3) is 0.333. The number of hydrogen-bond acceptors (Lipinski definition) is 4. The van der Waals surface area contributed by atoms with Gasteiger partial charge in [-0.15, -0.1) is 11.3 Å². The van der Waals surface area contributed by atoms with Gasteiger partial charge in [-0.3, -0.25) is 9.69 Å². The number of carbonyl (C=O) groups is 1. The van der Waals surface area contributed by atoms with E-state index in [4.69, 9.17) is 0 Å². The van der Waals surface area contributed by atoms with Crippen LogP contribution in [0.3, 0.4) is 0 Å². The summed E-state index contributed by atoms with van der Waals surface area (Å²) >= 11 is 1.48. The summed E-state index contributed by atoms with van der Waals surface area (Å²) in [6.07, 6.45) is 0. The Labute approximate surface area is 140 Å². The maximum atomic E-state index is 12.4. The number of carbonyl (C=O) groups excluding carboxylic acids is 1. The van der Waals surface area contributed by atoms with Gasteiger partial charge in [0.25, 0.3) is 5.91 Å². The molecule has 0 bridgehead atoms. The molecule has 0 radical (unpaired) electrons. The predicted molar refractivity (Wildman–Crippen MR) is 91.3 cm³/mol. The lowest BCUT2D eigenvalue weighted by atomic mass is 10.0. The zero-order valence-corrected chi connectivity index (χ0v) is 13.9. The summed E-state index contributed by atoms with van der Waals surface area (Å²) in [6, 6.07) is 14.0. The standard InChI is InChI=1S/C18H19N3OS/c1-14-4-6-15(7-5-14)16(13-19)20-8-10-21(11-9-20)18(22)17-3-2-12-23-17/h2-7,12,16H,8-11H2,1H3. The first-order valence-electron chi connectivity index (χ1n) is 7.72. The number of thiophene rings is 1. The number of piperazine rings is 1. The molecule has 0 aliphatic carbocycles. The molecule has 0 N–H and O–H groups in total. The monoisotopic (exact) mass is 325 g/mol. The molecule has 1 saturated heterocycles. The minimum absolute atomic E-state index is 0.100. The van der Waals surface area contributed by atoms with Crippen LogP contribution >= 0.6 is 11.3 Å². The van der Waals surface area contributed by atoms with Crippen LogP contribution in [0.4, 0.5) is 0 Å². The average Bonchev–Trinajstić information content (AvgIpc) is 3.12. The third-order valence-corrected chi connectivity index (χ3v) is 5.07. The zero-order valence-electron chi connectivity index (χ0n) is 13.1. The molecule has 118 valence electrons. The average molecular weight is 325 g/mol. The van der Waals surface area contributed by atoms with E-state index in [2.05, 4.69) is 11.0 Å². The number of rotatable bonds is 3. The lowest BCUT2D eigenvalue weighted by molar-refractivity contribution is 0.0611. The second-order valence-electron chi connectivity index (χ2n) is 5.75. The highest BCUT2D eigenvalue weighted by molar-refractivity contribution is 7.12. The second kappa shape index (κ2) is 6.95. The molecule has 23 heavy (non-hydrogen) atoms. The van der Waals surface area contributed by atoms with Crippen LogP contribution in [0.15, 0.2) is 41.8 Å². The first-order chi connectivity index (χ1) is 11.2. The Hall–Kier alpha value is -2.16. The summed E-state index contributed by atoms with van der Waals surface area (Å²) in [6.45, 7) is 4.83. The van der Waals surface area contributed by atoms with Crippen LogP contribution in [0.5, 0.6) is 0 Å². The van der Waals surface area contributed by atoms with Crippen molar-refractivity contribution in [1.29, 1.82) is 5.26 Å². The van der Waals surface area contributed by atoms with Crippen molar-refractivity contribution in [2.45, 2.75) is 13.0 Å². The van der Waals surface area contributed by atoms with E-state index in [1.165, 1.54) is 16.9 Å². The van der Waals surface area contributed by atoms with Crippen LogP contribution in [-0.2, 0) is 0 Å². The van der Waals surface area contributed by atoms with Crippen molar-refractivity contribution in [3.63, 3.8) is 0 Å². The molecule has 5 heteroatoms. The quantitative estimate of drug-likeness (QED) is 0.871. The lowest BCUT2D eigenvalue weighted by Gasteiger charge is -2.36. The SMILES string of the molecule is Cc1ccc(C(C#N)N2CCN(C(=O)c3cccs3)CC2)cc1. The molecule has 1 unspecified atom stereocenters. The van der Waals surface area contributed by atoms with Gasteiger partial charge in [-0.1, -0.05) is 35.9 Å². The van der Waals surface area contributed by atoms with Gasteiger partial charge in [0.15, 0.2) is 0 Å². The summed E-state index contributed by atoms with van der Waals surface area (Å²) in [5.74, 6) is 0.100. The van der Waals surface area contributed by atoms with Gasteiger partial charge in [-0.25, -0.2) is 0 Å². The Morgan fingerprint density at radius 1 is 1.17 bits per heavy atom. The second-order valence-corrected chi connectivity index (χ2v) is 6.70.